The van der Waals surface area contributed by atoms with Crippen molar-refractivity contribution in [1.82, 2.24) is 15.1 Å². The average Bonchev–Trinajstić information content (AvgIpc) is 2.98. The number of hydrogen-bond acceptors (Lipinski definition) is 4. The van der Waals surface area contributed by atoms with E-state index >= 15 is 0 Å². The average molecular weight is 327 g/mol. The number of anilines is 2. The molecule has 0 aliphatic carbocycles. The smallest absolute Gasteiger partial charge is 0.244 e. The molecule has 126 valence electrons. The van der Waals surface area contributed by atoms with Crippen molar-refractivity contribution in [3.8, 4) is 0 Å². The van der Waals surface area contributed by atoms with Crippen LogP contribution in [0.25, 0.3) is 0 Å². The van der Waals surface area contributed by atoms with Crippen LogP contribution < -0.4 is 15.5 Å². The minimum atomic E-state index is -0.388. The maximum Gasteiger partial charge on any atom is 0.244 e. The molecule has 1 aliphatic rings. The molecule has 1 aromatic carbocycles. The molecule has 2 N–H and O–H groups in total. The van der Waals surface area contributed by atoms with Gasteiger partial charge in [-0.1, -0.05) is 12.1 Å². The van der Waals surface area contributed by atoms with Crippen LogP contribution in [0.5, 0.6) is 0 Å². The molecule has 1 atom stereocenters. The summed E-state index contributed by atoms with van der Waals surface area (Å²) in [5.74, 6) is -0.296. The number of nitrogens with zero attached hydrogens (tertiary/aromatic N) is 3. The van der Waals surface area contributed by atoms with Crippen LogP contribution in [0.2, 0.25) is 0 Å². The number of hydrogen-bond donors (Lipinski definition) is 2. The lowest BCUT2D eigenvalue weighted by molar-refractivity contribution is -0.123. The zero-order valence-corrected chi connectivity index (χ0v) is 13.8. The molecule has 3 rings (SSSR count). The fourth-order valence-corrected chi connectivity index (χ4v) is 2.74. The van der Waals surface area contributed by atoms with Crippen molar-refractivity contribution in [2.75, 3.05) is 23.3 Å². The Bertz CT molecular complexity index is 755. The van der Waals surface area contributed by atoms with Crippen molar-refractivity contribution in [2.24, 2.45) is 0 Å². The SMILES string of the molecule is Cc1cnn(CCNC(C)C(=O)N2CC(=O)Nc3ccccc32)c1. The lowest BCUT2D eigenvalue weighted by atomic mass is 10.1. The molecule has 1 aliphatic heterocycles. The number of rotatable bonds is 5. The molecule has 7 nitrogen and oxygen atoms in total. The Hall–Kier alpha value is -2.67. The van der Waals surface area contributed by atoms with Gasteiger partial charge in [0, 0.05) is 12.7 Å². The van der Waals surface area contributed by atoms with E-state index in [4.69, 9.17) is 0 Å². The van der Waals surface area contributed by atoms with Gasteiger partial charge in [0.25, 0.3) is 0 Å². The summed E-state index contributed by atoms with van der Waals surface area (Å²) < 4.78 is 1.84. The molecule has 0 saturated heterocycles. The Morgan fingerprint density at radius 3 is 2.96 bits per heavy atom. The van der Waals surface area contributed by atoms with Gasteiger partial charge in [0.1, 0.15) is 6.54 Å². The van der Waals surface area contributed by atoms with Crippen LogP contribution in [0.3, 0.4) is 0 Å². The molecule has 1 aromatic heterocycles. The van der Waals surface area contributed by atoms with Crippen molar-refractivity contribution < 1.29 is 9.59 Å². The molecular formula is C17H21N5O2. The molecule has 0 fully saturated rings. The Morgan fingerprint density at radius 2 is 2.21 bits per heavy atom. The summed E-state index contributed by atoms with van der Waals surface area (Å²) in [6.07, 6.45) is 3.76. The zero-order valence-electron chi connectivity index (χ0n) is 13.8. The van der Waals surface area contributed by atoms with Gasteiger partial charge < -0.3 is 10.6 Å². The first-order valence-electron chi connectivity index (χ1n) is 7.97. The fraction of sp³-hybridized carbons (Fsp3) is 0.353. The number of carbonyl (C=O) groups excluding carboxylic acids is 2. The number of benzene rings is 1. The van der Waals surface area contributed by atoms with Crippen LogP contribution >= 0.6 is 0 Å². The van der Waals surface area contributed by atoms with E-state index in [-0.39, 0.29) is 24.4 Å². The van der Waals surface area contributed by atoms with Crippen molar-refractivity contribution in [2.45, 2.75) is 26.4 Å². The quantitative estimate of drug-likeness (QED) is 0.863. The highest BCUT2D eigenvalue weighted by molar-refractivity contribution is 6.11. The van der Waals surface area contributed by atoms with E-state index in [0.29, 0.717) is 18.8 Å². The standard InChI is InChI=1S/C17H21N5O2/c1-12-9-19-21(10-12)8-7-18-13(2)17(24)22-11-16(23)20-14-5-3-4-6-15(14)22/h3-6,9-10,13,18H,7-8,11H2,1-2H3,(H,20,23). The molecule has 0 radical (unpaired) electrons. The normalized spacial score (nSPS) is 14.9. The third-order valence-corrected chi connectivity index (χ3v) is 3.96. The number of para-hydroxylation sites is 2. The third kappa shape index (κ3) is 3.46. The van der Waals surface area contributed by atoms with Crippen LogP contribution in [0.1, 0.15) is 12.5 Å². The summed E-state index contributed by atoms with van der Waals surface area (Å²) >= 11 is 0. The van der Waals surface area contributed by atoms with Gasteiger partial charge in [-0.25, -0.2) is 0 Å². The van der Waals surface area contributed by atoms with Gasteiger partial charge in [0.2, 0.25) is 11.8 Å². The highest BCUT2D eigenvalue weighted by atomic mass is 16.2. The fourth-order valence-electron chi connectivity index (χ4n) is 2.74. The maximum atomic E-state index is 12.7. The van der Waals surface area contributed by atoms with Gasteiger partial charge >= 0.3 is 0 Å². The summed E-state index contributed by atoms with van der Waals surface area (Å²) in [4.78, 5) is 26.1. The predicted octanol–water partition coefficient (Wildman–Crippen LogP) is 1.15. The molecule has 0 saturated carbocycles. The molecule has 2 aromatic rings. The molecule has 0 bridgehead atoms. The van der Waals surface area contributed by atoms with E-state index in [9.17, 15) is 9.59 Å². The molecule has 7 heteroatoms. The van der Waals surface area contributed by atoms with Crippen molar-refractivity contribution in [3.05, 3.63) is 42.2 Å². The van der Waals surface area contributed by atoms with E-state index in [1.807, 2.05) is 42.9 Å². The molecule has 0 spiro atoms. The Kier molecular flexibility index (Phi) is 4.61. The number of carbonyl (C=O) groups is 2. The maximum absolute atomic E-state index is 12.7. The van der Waals surface area contributed by atoms with Crippen LogP contribution in [0.4, 0.5) is 11.4 Å². The predicted molar refractivity (Wildman–Crippen MR) is 91.9 cm³/mol. The van der Waals surface area contributed by atoms with Crippen LogP contribution in [0.15, 0.2) is 36.7 Å². The van der Waals surface area contributed by atoms with Crippen LogP contribution in [-0.4, -0.2) is 40.7 Å². The molecule has 2 heterocycles. The molecular weight excluding hydrogens is 306 g/mol. The van der Waals surface area contributed by atoms with Gasteiger partial charge in [-0.05, 0) is 31.5 Å². The van der Waals surface area contributed by atoms with Gasteiger partial charge in [-0.3, -0.25) is 19.2 Å². The monoisotopic (exact) mass is 327 g/mol. The summed E-state index contributed by atoms with van der Waals surface area (Å²) in [7, 11) is 0. The third-order valence-electron chi connectivity index (χ3n) is 3.96. The lowest BCUT2D eigenvalue weighted by Gasteiger charge is -2.31. The van der Waals surface area contributed by atoms with Gasteiger partial charge in [-0.2, -0.15) is 5.10 Å². The largest absolute Gasteiger partial charge is 0.323 e. The number of amides is 2. The van der Waals surface area contributed by atoms with Gasteiger partial charge in [0.15, 0.2) is 0 Å². The first-order valence-corrected chi connectivity index (χ1v) is 7.97. The Labute approximate surface area is 140 Å². The number of aryl methyl sites for hydroxylation is 1. The second-order valence-electron chi connectivity index (χ2n) is 5.95. The second-order valence-corrected chi connectivity index (χ2v) is 5.95. The van der Waals surface area contributed by atoms with E-state index < -0.39 is 0 Å². The highest BCUT2D eigenvalue weighted by Gasteiger charge is 2.29. The lowest BCUT2D eigenvalue weighted by Crippen LogP contribution is -2.50. The van der Waals surface area contributed by atoms with E-state index in [2.05, 4.69) is 15.7 Å². The highest BCUT2D eigenvalue weighted by Crippen LogP contribution is 2.29. The van der Waals surface area contributed by atoms with Gasteiger partial charge in [0.05, 0.1) is 30.2 Å². The van der Waals surface area contributed by atoms with Gasteiger partial charge in [-0.15, -0.1) is 0 Å². The van der Waals surface area contributed by atoms with E-state index in [1.165, 1.54) is 4.90 Å². The van der Waals surface area contributed by atoms with Crippen molar-refractivity contribution >= 4 is 23.2 Å². The summed E-state index contributed by atoms with van der Waals surface area (Å²) in [6.45, 7) is 5.15. The summed E-state index contributed by atoms with van der Waals surface area (Å²) in [5.41, 5.74) is 2.51. The summed E-state index contributed by atoms with van der Waals surface area (Å²) in [6, 6.07) is 6.94. The summed E-state index contributed by atoms with van der Waals surface area (Å²) in [5, 5.41) is 10.2. The minimum absolute atomic E-state index is 0.0419. The first kappa shape index (κ1) is 16.2. The van der Waals surface area contributed by atoms with Crippen molar-refractivity contribution in [1.29, 1.82) is 0 Å². The Balaban J connectivity index is 1.62. The minimum Gasteiger partial charge on any atom is -0.323 e. The topological polar surface area (TPSA) is 79.3 Å². The number of fused-ring (bicyclic) bond motifs is 1. The molecule has 1 unspecified atom stereocenters. The van der Waals surface area contributed by atoms with Crippen LogP contribution in [0, 0.1) is 6.92 Å². The van der Waals surface area contributed by atoms with E-state index in [0.717, 1.165) is 11.3 Å². The number of aromatic nitrogens is 2. The number of nitrogens with one attached hydrogen (secondary N) is 2. The molecule has 24 heavy (non-hydrogen) atoms. The van der Waals surface area contributed by atoms with Crippen molar-refractivity contribution in [3.63, 3.8) is 0 Å². The van der Waals surface area contributed by atoms with E-state index in [1.54, 1.807) is 12.3 Å². The van der Waals surface area contributed by atoms with Crippen LogP contribution in [-0.2, 0) is 16.1 Å². The molecule has 2 amide bonds. The Morgan fingerprint density at radius 1 is 1.42 bits per heavy atom. The second kappa shape index (κ2) is 6.84. The zero-order chi connectivity index (χ0) is 17.1. The first-order chi connectivity index (χ1) is 11.5.